The molecule has 0 saturated heterocycles. The van der Waals surface area contributed by atoms with Gasteiger partial charge in [0.2, 0.25) is 0 Å². The molecule has 0 amide bonds. The van der Waals surface area contributed by atoms with Crippen molar-refractivity contribution in [3.05, 3.63) is 108 Å². The molecule has 1 heteroatoms. The molecule has 4 rings (SSSR count). The van der Waals surface area contributed by atoms with Crippen LogP contribution in [0.5, 0.6) is 0 Å². The van der Waals surface area contributed by atoms with Crippen LogP contribution in [0, 0.1) is 0 Å². The van der Waals surface area contributed by atoms with Crippen molar-refractivity contribution in [2.45, 2.75) is 25.3 Å². The van der Waals surface area contributed by atoms with Gasteiger partial charge >= 0.3 is 0 Å². The summed E-state index contributed by atoms with van der Waals surface area (Å²) in [6.07, 6.45) is 1.06. The fourth-order valence-electron chi connectivity index (χ4n) is 3.75. The first kappa shape index (κ1) is 15.7. The Morgan fingerprint density at radius 2 is 1.56 bits per heavy atom. The van der Waals surface area contributed by atoms with Gasteiger partial charge in [0.25, 0.3) is 0 Å². The summed E-state index contributed by atoms with van der Waals surface area (Å²) in [4.78, 5) is 0. The van der Waals surface area contributed by atoms with Gasteiger partial charge in [-0.15, -0.1) is 0 Å². The molecule has 0 bridgehead atoms. The van der Waals surface area contributed by atoms with Gasteiger partial charge in [-0.2, -0.15) is 0 Å². The summed E-state index contributed by atoms with van der Waals surface area (Å²) in [5.74, 6) is 0.310. The largest absolute Gasteiger partial charge is 0.377 e. The van der Waals surface area contributed by atoms with Crippen molar-refractivity contribution < 1.29 is 0 Å². The van der Waals surface area contributed by atoms with Crippen molar-refractivity contribution >= 4 is 11.3 Å². The van der Waals surface area contributed by atoms with E-state index < -0.39 is 0 Å². The summed E-state index contributed by atoms with van der Waals surface area (Å²) in [7, 11) is 0. The van der Waals surface area contributed by atoms with Crippen LogP contribution in [0.25, 0.3) is 5.57 Å². The molecule has 0 fully saturated rings. The molecule has 1 N–H and O–H groups in total. The third-order valence-electron chi connectivity index (χ3n) is 5.19. The van der Waals surface area contributed by atoms with Gasteiger partial charge in [-0.25, -0.2) is 0 Å². The second-order valence-corrected chi connectivity index (χ2v) is 6.67. The van der Waals surface area contributed by atoms with E-state index in [-0.39, 0.29) is 6.04 Å². The number of rotatable bonds is 5. The predicted octanol–water partition coefficient (Wildman–Crippen LogP) is 6.21. The molecule has 0 spiro atoms. The topological polar surface area (TPSA) is 12.0 Å². The Morgan fingerprint density at radius 1 is 0.880 bits per heavy atom. The van der Waals surface area contributed by atoms with E-state index in [0.717, 1.165) is 12.1 Å². The average Bonchev–Trinajstić information content (AvgIpc) is 2.68. The minimum Gasteiger partial charge on any atom is -0.377 e. The summed E-state index contributed by atoms with van der Waals surface area (Å²) < 4.78 is 0. The first-order valence-corrected chi connectivity index (χ1v) is 8.96. The highest BCUT2D eigenvalue weighted by Crippen LogP contribution is 2.52. The molecule has 0 unspecified atom stereocenters. The van der Waals surface area contributed by atoms with E-state index in [4.69, 9.17) is 0 Å². The van der Waals surface area contributed by atoms with Crippen LogP contribution < -0.4 is 5.32 Å². The quantitative estimate of drug-likeness (QED) is 0.588. The molecule has 1 nitrogen and oxygen atoms in total. The number of hydrogen-bond acceptors (Lipinski definition) is 1. The van der Waals surface area contributed by atoms with Crippen LogP contribution in [0.3, 0.4) is 0 Å². The predicted molar refractivity (Wildman–Crippen MR) is 107 cm³/mol. The van der Waals surface area contributed by atoms with Gasteiger partial charge in [0, 0.05) is 11.6 Å². The van der Waals surface area contributed by atoms with Crippen molar-refractivity contribution in [2.75, 3.05) is 5.32 Å². The monoisotopic (exact) mass is 325 g/mol. The molecule has 0 radical (unpaired) electrons. The Balaban J connectivity index is 1.69. The molecule has 124 valence electrons. The number of anilines is 1. The van der Waals surface area contributed by atoms with Crippen molar-refractivity contribution in [1.29, 1.82) is 0 Å². The zero-order valence-corrected chi connectivity index (χ0v) is 14.6. The highest BCUT2D eigenvalue weighted by atomic mass is 14.9. The second-order valence-electron chi connectivity index (χ2n) is 6.67. The SMILES string of the molecule is C=C1c2ccccc2[C@@H]1[C@@H](Nc1ccc(CC)cc1)c1ccccc1. The van der Waals surface area contributed by atoms with Crippen molar-refractivity contribution in [3.8, 4) is 0 Å². The molecular weight excluding hydrogens is 302 g/mol. The Hall–Kier alpha value is -2.80. The van der Waals surface area contributed by atoms with Crippen molar-refractivity contribution in [1.82, 2.24) is 0 Å². The number of benzene rings is 3. The minimum atomic E-state index is 0.191. The van der Waals surface area contributed by atoms with Gasteiger partial charge in [0.15, 0.2) is 0 Å². The normalized spacial score (nSPS) is 16.7. The van der Waals surface area contributed by atoms with Crippen LogP contribution in [-0.2, 0) is 6.42 Å². The van der Waals surface area contributed by atoms with Gasteiger partial charge in [-0.3, -0.25) is 0 Å². The van der Waals surface area contributed by atoms with Crippen LogP contribution in [0.2, 0.25) is 0 Å². The van der Waals surface area contributed by atoms with E-state index in [9.17, 15) is 0 Å². The summed E-state index contributed by atoms with van der Waals surface area (Å²) in [5.41, 5.74) is 7.73. The maximum Gasteiger partial charge on any atom is 0.0623 e. The molecule has 0 aliphatic heterocycles. The third kappa shape index (κ3) is 2.87. The van der Waals surface area contributed by atoms with Gasteiger partial charge in [0.1, 0.15) is 0 Å². The lowest BCUT2D eigenvalue weighted by Crippen LogP contribution is -2.27. The summed E-state index contributed by atoms with van der Waals surface area (Å²) in [5, 5.41) is 3.76. The van der Waals surface area contributed by atoms with E-state index >= 15 is 0 Å². The van der Waals surface area contributed by atoms with Crippen molar-refractivity contribution in [2.24, 2.45) is 0 Å². The molecule has 2 atom stereocenters. The van der Waals surface area contributed by atoms with Crippen LogP contribution in [0.4, 0.5) is 5.69 Å². The Morgan fingerprint density at radius 3 is 2.28 bits per heavy atom. The van der Waals surface area contributed by atoms with Crippen LogP contribution in [0.15, 0.2) is 85.4 Å². The number of nitrogens with one attached hydrogen (secondary N) is 1. The van der Waals surface area contributed by atoms with Crippen LogP contribution in [-0.4, -0.2) is 0 Å². The average molecular weight is 325 g/mol. The van der Waals surface area contributed by atoms with Gasteiger partial charge < -0.3 is 5.32 Å². The molecule has 25 heavy (non-hydrogen) atoms. The Kier molecular flexibility index (Phi) is 4.15. The lowest BCUT2D eigenvalue weighted by Gasteiger charge is -2.40. The number of aryl methyl sites for hydroxylation is 1. The summed E-state index contributed by atoms with van der Waals surface area (Å²) >= 11 is 0. The standard InChI is InChI=1S/C24H23N/c1-3-18-13-15-20(16-14-18)25-24(19-9-5-4-6-10-19)23-17(2)21-11-7-8-12-22(21)23/h4-16,23-25H,2-3H2,1H3/t23-,24+/m1/s1. The smallest absolute Gasteiger partial charge is 0.0623 e. The maximum atomic E-state index is 4.36. The number of fused-ring (bicyclic) bond motifs is 1. The second kappa shape index (κ2) is 6.60. The fourth-order valence-corrected chi connectivity index (χ4v) is 3.75. The van der Waals surface area contributed by atoms with Crippen LogP contribution in [0.1, 0.15) is 41.1 Å². The Labute approximate surface area is 150 Å². The van der Waals surface area contributed by atoms with E-state index in [1.54, 1.807) is 0 Å². The zero-order valence-electron chi connectivity index (χ0n) is 14.6. The first-order valence-electron chi connectivity index (χ1n) is 8.96. The minimum absolute atomic E-state index is 0.191. The van der Waals surface area contributed by atoms with E-state index in [1.165, 1.54) is 27.8 Å². The van der Waals surface area contributed by atoms with E-state index in [0.29, 0.717) is 5.92 Å². The molecule has 1 aliphatic carbocycles. The first-order chi connectivity index (χ1) is 12.3. The fraction of sp³-hybridized carbons (Fsp3) is 0.167. The lowest BCUT2D eigenvalue weighted by molar-refractivity contribution is 0.675. The summed E-state index contributed by atoms with van der Waals surface area (Å²) in [6, 6.07) is 28.3. The van der Waals surface area contributed by atoms with Gasteiger partial charge in [0.05, 0.1) is 6.04 Å². The van der Waals surface area contributed by atoms with E-state index in [2.05, 4.69) is 97.7 Å². The molecule has 0 heterocycles. The zero-order chi connectivity index (χ0) is 17.2. The van der Waals surface area contributed by atoms with E-state index in [1.807, 2.05) is 0 Å². The van der Waals surface area contributed by atoms with Crippen molar-refractivity contribution in [3.63, 3.8) is 0 Å². The highest BCUT2D eigenvalue weighted by molar-refractivity contribution is 5.84. The molecule has 1 aliphatic rings. The highest BCUT2D eigenvalue weighted by Gasteiger charge is 2.37. The molecular formula is C24H23N. The molecule has 3 aromatic rings. The van der Waals surface area contributed by atoms with Crippen LogP contribution >= 0.6 is 0 Å². The van der Waals surface area contributed by atoms with Gasteiger partial charge in [-0.05, 0) is 46.4 Å². The molecule has 3 aromatic carbocycles. The molecule has 0 aromatic heterocycles. The summed E-state index contributed by atoms with van der Waals surface area (Å²) in [6.45, 7) is 6.54. The Bertz CT molecular complexity index is 877. The van der Waals surface area contributed by atoms with Gasteiger partial charge in [-0.1, -0.05) is 80.2 Å². The maximum absolute atomic E-state index is 4.36. The lowest BCUT2D eigenvalue weighted by atomic mass is 9.68. The number of hydrogen-bond donors (Lipinski definition) is 1. The molecule has 0 saturated carbocycles. The third-order valence-corrected chi connectivity index (χ3v) is 5.19.